The summed E-state index contributed by atoms with van der Waals surface area (Å²) in [6.45, 7) is 4.23. The van der Waals surface area contributed by atoms with Crippen LogP contribution in [0.2, 0.25) is 0 Å². The predicted octanol–water partition coefficient (Wildman–Crippen LogP) is 0.275. The van der Waals surface area contributed by atoms with Gasteiger partial charge in [-0.05, 0) is 37.4 Å². The lowest BCUT2D eigenvalue weighted by Crippen LogP contribution is -2.43. The molecule has 2 N–H and O–H groups in total. The van der Waals surface area contributed by atoms with Gasteiger partial charge in [0.05, 0.1) is 0 Å². The molecule has 5 nitrogen and oxygen atoms in total. The van der Waals surface area contributed by atoms with Crippen molar-refractivity contribution >= 4 is 5.95 Å². The van der Waals surface area contributed by atoms with Crippen molar-refractivity contribution in [2.45, 2.75) is 12.8 Å². The number of aromatic nitrogens is 2. The highest BCUT2D eigenvalue weighted by molar-refractivity contribution is 5.33. The summed E-state index contributed by atoms with van der Waals surface area (Å²) in [5.41, 5.74) is 0.249. The van der Waals surface area contributed by atoms with Crippen molar-refractivity contribution in [3.05, 3.63) is 18.5 Å². The van der Waals surface area contributed by atoms with Crippen LogP contribution in [0.25, 0.3) is 0 Å². The highest BCUT2D eigenvalue weighted by atomic mass is 16.3. The van der Waals surface area contributed by atoms with Gasteiger partial charge in [0.1, 0.15) is 0 Å². The molecule has 0 bridgehead atoms. The van der Waals surface area contributed by atoms with Gasteiger partial charge in [0.15, 0.2) is 0 Å². The molecule has 5 heteroatoms. The largest absolute Gasteiger partial charge is 0.396 e. The number of rotatable bonds is 2. The minimum Gasteiger partial charge on any atom is -0.396 e. The maximum Gasteiger partial charge on any atom is 0.225 e. The van der Waals surface area contributed by atoms with Gasteiger partial charge in [0.2, 0.25) is 5.95 Å². The van der Waals surface area contributed by atoms with E-state index < -0.39 is 0 Å². The number of anilines is 1. The summed E-state index contributed by atoms with van der Waals surface area (Å²) in [7, 11) is 0. The van der Waals surface area contributed by atoms with Crippen LogP contribution < -0.4 is 10.2 Å². The van der Waals surface area contributed by atoms with Crippen LogP contribution in [0.4, 0.5) is 5.95 Å². The molecule has 0 amide bonds. The fraction of sp³-hybridized carbons (Fsp3) is 0.692. The summed E-state index contributed by atoms with van der Waals surface area (Å²) < 4.78 is 0. The van der Waals surface area contributed by atoms with Crippen LogP contribution in [0.1, 0.15) is 12.8 Å². The van der Waals surface area contributed by atoms with Crippen molar-refractivity contribution in [1.82, 2.24) is 15.3 Å². The minimum absolute atomic E-state index is 0.249. The average Bonchev–Trinajstić information content (AvgIpc) is 2.79. The van der Waals surface area contributed by atoms with Crippen LogP contribution in [-0.4, -0.2) is 47.9 Å². The third kappa shape index (κ3) is 1.97. The lowest BCUT2D eigenvalue weighted by atomic mass is 9.71. The minimum atomic E-state index is 0.249. The van der Waals surface area contributed by atoms with Gasteiger partial charge in [-0.1, -0.05) is 0 Å². The Hall–Kier alpha value is -1.20. The van der Waals surface area contributed by atoms with Crippen LogP contribution in [0.5, 0.6) is 0 Å². The zero-order valence-corrected chi connectivity index (χ0v) is 10.5. The molecular formula is C13H20N4O. The first-order valence-corrected chi connectivity index (χ1v) is 6.68. The maximum absolute atomic E-state index is 9.66. The molecule has 1 aromatic heterocycles. The Kier molecular flexibility index (Phi) is 3.18. The van der Waals surface area contributed by atoms with E-state index in [2.05, 4.69) is 20.2 Å². The monoisotopic (exact) mass is 248 g/mol. The van der Waals surface area contributed by atoms with E-state index in [4.69, 9.17) is 0 Å². The summed E-state index contributed by atoms with van der Waals surface area (Å²) in [4.78, 5) is 10.9. The molecule has 2 aliphatic heterocycles. The van der Waals surface area contributed by atoms with Crippen LogP contribution in [0, 0.1) is 11.3 Å². The van der Waals surface area contributed by atoms with Gasteiger partial charge < -0.3 is 15.3 Å². The quantitative estimate of drug-likeness (QED) is 0.787. The first kappa shape index (κ1) is 11.9. The van der Waals surface area contributed by atoms with Gasteiger partial charge in [-0.25, -0.2) is 9.97 Å². The number of aliphatic hydroxyl groups is 1. The van der Waals surface area contributed by atoms with Crippen molar-refractivity contribution in [2.24, 2.45) is 11.3 Å². The Morgan fingerprint density at radius 3 is 2.72 bits per heavy atom. The number of nitrogens with one attached hydrogen (secondary N) is 1. The average molecular weight is 248 g/mol. The van der Waals surface area contributed by atoms with Crippen LogP contribution in [0.15, 0.2) is 18.5 Å². The molecule has 0 radical (unpaired) electrons. The first-order chi connectivity index (χ1) is 8.84. The van der Waals surface area contributed by atoms with Crippen LogP contribution in [0.3, 0.4) is 0 Å². The Morgan fingerprint density at radius 1 is 1.33 bits per heavy atom. The Bertz CT molecular complexity index is 391. The third-order valence-corrected chi connectivity index (χ3v) is 4.47. The van der Waals surface area contributed by atoms with E-state index >= 15 is 0 Å². The lowest BCUT2D eigenvalue weighted by Gasteiger charge is -2.37. The predicted molar refractivity (Wildman–Crippen MR) is 69.4 cm³/mol. The van der Waals surface area contributed by atoms with E-state index in [0.29, 0.717) is 5.92 Å². The summed E-state index contributed by atoms with van der Waals surface area (Å²) >= 11 is 0. The molecule has 0 aromatic carbocycles. The maximum atomic E-state index is 9.66. The molecule has 0 aliphatic carbocycles. The number of hydrogen-bond acceptors (Lipinski definition) is 5. The van der Waals surface area contributed by atoms with Gasteiger partial charge in [-0.3, -0.25) is 0 Å². The standard InChI is InChI=1S/C13H20N4O/c18-9-11-8-17(12-15-4-1-5-16-12)10-13(11)2-6-14-7-3-13/h1,4-5,11,14,18H,2-3,6-10H2/t11-/m0/s1. The van der Waals surface area contributed by atoms with E-state index in [1.165, 1.54) is 0 Å². The molecule has 1 aromatic rings. The number of aliphatic hydroxyl groups excluding tert-OH is 1. The fourth-order valence-electron chi connectivity index (χ4n) is 3.38. The molecule has 2 saturated heterocycles. The van der Waals surface area contributed by atoms with Crippen molar-refractivity contribution < 1.29 is 5.11 Å². The number of piperidine rings is 1. The molecule has 1 atom stereocenters. The Morgan fingerprint density at radius 2 is 2.06 bits per heavy atom. The van der Waals surface area contributed by atoms with Gasteiger partial charge >= 0.3 is 0 Å². The second-order valence-electron chi connectivity index (χ2n) is 5.42. The van der Waals surface area contributed by atoms with E-state index in [1.807, 2.05) is 6.07 Å². The van der Waals surface area contributed by atoms with Gasteiger partial charge in [0, 0.05) is 38.0 Å². The highest BCUT2D eigenvalue weighted by Gasteiger charge is 2.47. The lowest BCUT2D eigenvalue weighted by molar-refractivity contribution is 0.1000. The van der Waals surface area contributed by atoms with E-state index in [-0.39, 0.29) is 12.0 Å². The van der Waals surface area contributed by atoms with Crippen LogP contribution >= 0.6 is 0 Å². The third-order valence-electron chi connectivity index (χ3n) is 4.47. The van der Waals surface area contributed by atoms with Crippen molar-refractivity contribution in [3.8, 4) is 0 Å². The SMILES string of the molecule is OC[C@@H]1CN(c2ncccn2)CC12CCNCC2. The van der Waals surface area contributed by atoms with E-state index in [0.717, 1.165) is 45.0 Å². The van der Waals surface area contributed by atoms with Crippen molar-refractivity contribution in [2.75, 3.05) is 37.7 Å². The Labute approximate surface area is 107 Å². The Balaban J connectivity index is 1.81. The molecule has 1 spiro atoms. The van der Waals surface area contributed by atoms with Crippen molar-refractivity contribution in [3.63, 3.8) is 0 Å². The number of nitrogens with zero attached hydrogens (tertiary/aromatic N) is 3. The molecule has 2 fully saturated rings. The molecule has 98 valence electrons. The first-order valence-electron chi connectivity index (χ1n) is 6.68. The summed E-state index contributed by atoms with van der Waals surface area (Å²) in [6, 6.07) is 1.84. The molecule has 0 saturated carbocycles. The van der Waals surface area contributed by atoms with E-state index in [1.54, 1.807) is 12.4 Å². The van der Waals surface area contributed by atoms with E-state index in [9.17, 15) is 5.11 Å². The summed E-state index contributed by atoms with van der Waals surface area (Å²) in [5, 5.41) is 13.1. The second kappa shape index (κ2) is 4.82. The highest BCUT2D eigenvalue weighted by Crippen LogP contribution is 2.43. The van der Waals surface area contributed by atoms with Gasteiger partial charge in [-0.2, -0.15) is 0 Å². The molecule has 2 aliphatic rings. The zero-order chi connectivity index (χ0) is 12.4. The van der Waals surface area contributed by atoms with Gasteiger partial charge in [0.25, 0.3) is 0 Å². The normalized spacial score (nSPS) is 26.7. The smallest absolute Gasteiger partial charge is 0.225 e. The molecule has 18 heavy (non-hydrogen) atoms. The molecule has 3 heterocycles. The molecular weight excluding hydrogens is 228 g/mol. The van der Waals surface area contributed by atoms with Gasteiger partial charge in [-0.15, -0.1) is 0 Å². The fourth-order valence-corrected chi connectivity index (χ4v) is 3.38. The van der Waals surface area contributed by atoms with Crippen LogP contribution in [-0.2, 0) is 0 Å². The second-order valence-corrected chi connectivity index (χ2v) is 5.42. The van der Waals surface area contributed by atoms with Crippen molar-refractivity contribution in [1.29, 1.82) is 0 Å². The summed E-state index contributed by atoms with van der Waals surface area (Å²) in [6.07, 6.45) is 5.84. The number of hydrogen-bond donors (Lipinski definition) is 2. The molecule has 0 unspecified atom stereocenters. The molecule has 3 rings (SSSR count). The summed E-state index contributed by atoms with van der Waals surface area (Å²) in [5.74, 6) is 1.15. The zero-order valence-electron chi connectivity index (χ0n) is 10.5. The topological polar surface area (TPSA) is 61.3 Å².